The van der Waals surface area contributed by atoms with Crippen LogP contribution in [0.1, 0.15) is 48.5 Å². The molecule has 5 heteroatoms. The summed E-state index contributed by atoms with van der Waals surface area (Å²) in [5.41, 5.74) is 5.98. The number of nitrogens with two attached hydrogens (primary N) is 1. The van der Waals surface area contributed by atoms with E-state index in [2.05, 4.69) is 0 Å². The van der Waals surface area contributed by atoms with Crippen LogP contribution in [-0.2, 0) is 11.3 Å². The van der Waals surface area contributed by atoms with Gasteiger partial charge in [0.1, 0.15) is 5.54 Å². The van der Waals surface area contributed by atoms with Crippen molar-refractivity contribution in [3.8, 4) is 0 Å². The molecule has 1 aromatic carbocycles. The van der Waals surface area contributed by atoms with Gasteiger partial charge in [0.15, 0.2) is 0 Å². The zero-order chi connectivity index (χ0) is 15.5. The van der Waals surface area contributed by atoms with Crippen molar-refractivity contribution in [2.75, 3.05) is 6.54 Å². The maximum absolute atomic E-state index is 12.7. The van der Waals surface area contributed by atoms with Gasteiger partial charge in [-0.2, -0.15) is 0 Å². The normalized spacial score (nSPS) is 21.5. The first-order chi connectivity index (χ1) is 10.0. The number of carboxylic acids is 1. The third kappa shape index (κ3) is 2.78. The minimum atomic E-state index is -1.04. The van der Waals surface area contributed by atoms with Gasteiger partial charge in [-0.25, -0.2) is 4.79 Å². The van der Waals surface area contributed by atoms with E-state index in [-0.39, 0.29) is 5.91 Å². The van der Waals surface area contributed by atoms with E-state index >= 15 is 0 Å². The predicted octanol–water partition coefficient (Wildman–Crippen LogP) is 2.00. The van der Waals surface area contributed by atoms with Gasteiger partial charge < -0.3 is 15.7 Å². The number of amides is 1. The first-order valence-corrected chi connectivity index (χ1v) is 7.39. The molecule has 1 aliphatic heterocycles. The Morgan fingerprint density at radius 1 is 1.33 bits per heavy atom. The predicted molar refractivity (Wildman–Crippen MR) is 79.9 cm³/mol. The molecule has 1 aromatic rings. The molecule has 1 heterocycles. The summed E-state index contributed by atoms with van der Waals surface area (Å²) in [5.74, 6) is -1.10. The Balaban J connectivity index is 2.29. The quantitative estimate of drug-likeness (QED) is 0.868. The second kappa shape index (κ2) is 6.26. The zero-order valence-electron chi connectivity index (χ0n) is 12.3. The minimum Gasteiger partial charge on any atom is -0.479 e. The Bertz CT molecular complexity index is 527. The molecule has 0 spiro atoms. The van der Waals surface area contributed by atoms with Crippen LogP contribution in [0, 0.1) is 0 Å². The molecule has 0 saturated carbocycles. The second-order valence-electron chi connectivity index (χ2n) is 5.55. The maximum Gasteiger partial charge on any atom is 0.329 e. The molecule has 5 nitrogen and oxygen atoms in total. The van der Waals surface area contributed by atoms with Crippen molar-refractivity contribution in [2.24, 2.45) is 5.73 Å². The first-order valence-electron chi connectivity index (χ1n) is 7.39. The molecule has 21 heavy (non-hydrogen) atoms. The molecule has 0 aliphatic carbocycles. The number of carbonyl (C=O) groups is 2. The van der Waals surface area contributed by atoms with Gasteiger partial charge in [0, 0.05) is 18.7 Å². The molecule has 1 saturated heterocycles. The minimum absolute atomic E-state index is 0.202. The number of hydrogen-bond acceptors (Lipinski definition) is 3. The summed E-state index contributed by atoms with van der Waals surface area (Å²) in [5, 5.41) is 9.63. The monoisotopic (exact) mass is 290 g/mol. The molecule has 3 N–H and O–H groups in total. The zero-order valence-corrected chi connectivity index (χ0v) is 12.3. The molecule has 0 radical (unpaired) electrons. The lowest BCUT2D eigenvalue weighted by molar-refractivity contribution is -0.148. The van der Waals surface area contributed by atoms with E-state index in [1.807, 2.05) is 19.1 Å². The smallest absolute Gasteiger partial charge is 0.329 e. The van der Waals surface area contributed by atoms with Crippen LogP contribution < -0.4 is 5.73 Å². The van der Waals surface area contributed by atoms with Crippen molar-refractivity contribution in [1.82, 2.24) is 4.90 Å². The van der Waals surface area contributed by atoms with Crippen molar-refractivity contribution in [3.63, 3.8) is 0 Å². The van der Waals surface area contributed by atoms with Crippen molar-refractivity contribution < 1.29 is 14.7 Å². The fourth-order valence-corrected chi connectivity index (χ4v) is 3.12. The lowest BCUT2D eigenvalue weighted by atomic mass is 9.90. The highest BCUT2D eigenvalue weighted by molar-refractivity contribution is 5.98. The molecule has 0 bridgehead atoms. The van der Waals surface area contributed by atoms with E-state index in [4.69, 9.17) is 5.73 Å². The van der Waals surface area contributed by atoms with Crippen LogP contribution in [0.25, 0.3) is 0 Å². The molecule has 1 aliphatic rings. The fourth-order valence-electron chi connectivity index (χ4n) is 3.12. The van der Waals surface area contributed by atoms with Crippen molar-refractivity contribution in [2.45, 2.75) is 44.7 Å². The summed E-state index contributed by atoms with van der Waals surface area (Å²) < 4.78 is 0. The van der Waals surface area contributed by atoms with Gasteiger partial charge in [-0.15, -0.1) is 0 Å². The number of nitrogens with zero attached hydrogens (tertiary/aromatic N) is 1. The number of carboxylic acid groups (broad SMARTS) is 1. The van der Waals surface area contributed by atoms with Crippen molar-refractivity contribution >= 4 is 11.9 Å². The van der Waals surface area contributed by atoms with Gasteiger partial charge >= 0.3 is 5.97 Å². The summed E-state index contributed by atoms with van der Waals surface area (Å²) in [6.45, 7) is 2.87. The largest absolute Gasteiger partial charge is 0.479 e. The Hall–Kier alpha value is -1.88. The molecule has 2 rings (SSSR count). The Labute approximate surface area is 124 Å². The third-order valence-electron chi connectivity index (χ3n) is 4.23. The van der Waals surface area contributed by atoms with Crippen LogP contribution in [0.3, 0.4) is 0 Å². The summed E-state index contributed by atoms with van der Waals surface area (Å²) in [4.78, 5) is 26.0. The van der Waals surface area contributed by atoms with Crippen LogP contribution >= 0.6 is 0 Å². The van der Waals surface area contributed by atoms with E-state index in [1.54, 1.807) is 12.1 Å². The summed E-state index contributed by atoms with van der Waals surface area (Å²) in [6, 6.07) is 7.07. The first kappa shape index (κ1) is 15.5. The van der Waals surface area contributed by atoms with Gasteiger partial charge in [0.25, 0.3) is 5.91 Å². The van der Waals surface area contributed by atoms with Gasteiger partial charge in [0.05, 0.1) is 0 Å². The maximum atomic E-state index is 12.7. The molecule has 1 amide bonds. The molecule has 1 unspecified atom stereocenters. The van der Waals surface area contributed by atoms with E-state index < -0.39 is 11.5 Å². The lowest BCUT2D eigenvalue weighted by Gasteiger charge is -2.34. The average molecular weight is 290 g/mol. The fraction of sp³-hybridized carbons (Fsp3) is 0.500. The highest BCUT2D eigenvalue weighted by Crippen LogP contribution is 2.35. The Kier molecular flexibility index (Phi) is 4.63. The van der Waals surface area contributed by atoms with Crippen LogP contribution in [0.5, 0.6) is 0 Å². The number of likely N-dealkylation sites (tertiary alicyclic amines) is 1. The summed E-state index contributed by atoms with van der Waals surface area (Å²) in [7, 11) is 0. The van der Waals surface area contributed by atoms with Crippen molar-refractivity contribution in [3.05, 3.63) is 35.4 Å². The SMILES string of the molecule is CCCC1(C(=O)O)CCCN1C(=O)c1ccc(CN)cc1. The summed E-state index contributed by atoms with van der Waals surface area (Å²) in [6.07, 6.45) is 2.50. The van der Waals surface area contributed by atoms with E-state index in [0.29, 0.717) is 31.5 Å². The highest BCUT2D eigenvalue weighted by Gasteiger charge is 2.49. The number of rotatable bonds is 5. The lowest BCUT2D eigenvalue weighted by Crippen LogP contribution is -2.53. The highest BCUT2D eigenvalue weighted by atomic mass is 16.4. The average Bonchev–Trinajstić information content (AvgIpc) is 2.92. The molecular formula is C16H22N2O3. The number of carbonyl (C=O) groups excluding carboxylic acids is 1. The molecule has 1 atom stereocenters. The third-order valence-corrected chi connectivity index (χ3v) is 4.23. The number of hydrogen-bond donors (Lipinski definition) is 2. The summed E-state index contributed by atoms with van der Waals surface area (Å²) >= 11 is 0. The Morgan fingerprint density at radius 3 is 2.52 bits per heavy atom. The number of benzene rings is 1. The molecule has 0 aromatic heterocycles. The van der Waals surface area contributed by atoms with Crippen LogP contribution in [0.4, 0.5) is 0 Å². The van der Waals surface area contributed by atoms with Crippen LogP contribution in [0.2, 0.25) is 0 Å². The van der Waals surface area contributed by atoms with Crippen LogP contribution in [-0.4, -0.2) is 34.0 Å². The van der Waals surface area contributed by atoms with Gasteiger partial charge in [-0.1, -0.05) is 25.5 Å². The topological polar surface area (TPSA) is 83.6 Å². The molecule has 114 valence electrons. The number of aliphatic carboxylic acids is 1. The van der Waals surface area contributed by atoms with Crippen LogP contribution in [0.15, 0.2) is 24.3 Å². The van der Waals surface area contributed by atoms with E-state index in [1.165, 1.54) is 4.90 Å². The standard InChI is InChI=1S/C16H22N2O3/c1-2-8-16(15(20)21)9-3-10-18(16)14(19)13-6-4-12(11-17)5-7-13/h4-7H,2-3,8-11,17H2,1H3,(H,20,21). The van der Waals surface area contributed by atoms with Gasteiger partial charge in [0.2, 0.25) is 0 Å². The second-order valence-corrected chi connectivity index (χ2v) is 5.55. The van der Waals surface area contributed by atoms with Gasteiger partial charge in [-0.3, -0.25) is 4.79 Å². The van der Waals surface area contributed by atoms with E-state index in [0.717, 1.165) is 18.4 Å². The molecular weight excluding hydrogens is 268 g/mol. The Morgan fingerprint density at radius 2 is 2.00 bits per heavy atom. The van der Waals surface area contributed by atoms with E-state index in [9.17, 15) is 14.7 Å². The molecule has 1 fully saturated rings. The van der Waals surface area contributed by atoms with Crippen molar-refractivity contribution in [1.29, 1.82) is 0 Å². The van der Waals surface area contributed by atoms with Gasteiger partial charge in [-0.05, 0) is 37.0 Å².